The summed E-state index contributed by atoms with van der Waals surface area (Å²) in [5.41, 5.74) is 2.88. The molecule has 0 aliphatic carbocycles. The van der Waals surface area contributed by atoms with Crippen LogP contribution in [0.2, 0.25) is 0 Å². The summed E-state index contributed by atoms with van der Waals surface area (Å²) in [6.45, 7) is -2.92. The van der Waals surface area contributed by atoms with Crippen molar-refractivity contribution >= 4 is 21.7 Å². The maximum absolute atomic E-state index is 11.7. The molecule has 0 amide bonds. The van der Waals surface area contributed by atoms with Crippen molar-refractivity contribution in [2.24, 2.45) is 0 Å². The molecule has 7 heteroatoms. The van der Waals surface area contributed by atoms with Gasteiger partial charge in [-0.1, -0.05) is 0 Å². The van der Waals surface area contributed by atoms with Crippen LogP contribution in [0.3, 0.4) is 0 Å². The predicted octanol–water partition coefficient (Wildman–Crippen LogP) is 1.49. The highest BCUT2D eigenvalue weighted by atomic mass is 32.1. The first kappa shape index (κ1) is 8.24. The van der Waals surface area contributed by atoms with Gasteiger partial charge in [0.05, 0.1) is 10.9 Å². The molecule has 0 bridgehead atoms. The van der Waals surface area contributed by atoms with Gasteiger partial charge in [-0.3, -0.25) is 0 Å². The molecule has 0 aliphatic heterocycles. The Balaban J connectivity index is 2.37. The van der Waals surface area contributed by atoms with Crippen molar-refractivity contribution in [1.82, 2.24) is 15.0 Å². The summed E-state index contributed by atoms with van der Waals surface area (Å²) in [7, 11) is 0. The molecule has 2 aromatic rings. The standard InChI is InChI=1S/C6H2F2N3OS/c7-5(8)12-6-9-1-3-4(11-6)10-2-13-3/h1,5H. The molecule has 0 fully saturated rings. The van der Waals surface area contributed by atoms with E-state index in [0.29, 0.717) is 10.3 Å². The zero-order valence-corrected chi connectivity index (χ0v) is 6.89. The molecule has 0 aromatic carbocycles. The van der Waals surface area contributed by atoms with Gasteiger partial charge in [-0.05, 0) is 0 Å². The number of hydrogen-bond donors (Lipinski definition) is 0. The average molecular weight is 202 g/mol. The molecule has 13 heavy (non-hydrogen) atoms. The maximum atomic E-state index is 11.7. The van der Waals surface area contributed by atoms with E-state index >= 15 is 0 Å². The molecule has 2 heterocycles. The van der Waals surface area contributed by atoms with Gasteiger partial charge in [-0.15, -0.1) is 11.3 Å². The zero-order chi connectivity index (χ0) is 9.26. The Bertz CT molecular complexity index is 419. The lowest BCUT2D eigenvalue weighted by Gasteiger charge is -1.99. The summed E-state index contributed by atoms with van der Waals surface area (Å²) in [5.74, 6) is 0. The monoisotopic (exact) mass is 202 g/mol. The fraction of sp³-hybridized carbons (Fsp3) is 0.167. The number of rotatable bonds is 2. The number of ether oxygens (including phenoxy) is 1. The second kappa shape index (κ2) is 3.17. The fourth-order valence-corrected chi connectivity index (χ4v) is 1.27. The van der Waals surface area contributed by atoms with Gasteiger partial charge in [-0.2, -0.15) is 13.8 Å². The van der Waals surface area contributed by atoms with Gasteiger partial charge in [0.15, 0.2) is 11.2 Å². The molecule has 2 aromatic heterocycles. The molecule has 0 saturated carbocycles. The van der Waals surface area contributed by atoms with Gasteiger partial charge in [0.1, 0.15) is 0 Å². The second-order valence-corrected chi connectivity index (χ2v) is 2.85. The smallest absolute Gasteiger partial charge is 0.389 e. The van der Waals surface area contributed by atoms with Crippen LogP contribution in [0.25, 0.3) is 10.3 Å². The second-order valence-electron chi connectivity index (χ2n) is 2.02. The molecule has 0 unspecified atom stereocenters. The summed E-state index contributed by atoms with van der Waals surface area (Å²) >= 11 is 1.21. The Morgan fingerprint density at radius 2 is 2.38 bits per heavy atom. The van der Waals surface area contributed by atoms with E-state index in [1.165, 1.54) is 17.5 Å². The van der Waals surface area contributed by atoms with Crippen molar-refractivity contribution < 1.29 is 13.5 Å². The van der Waals surface area contributed by atoms with E-state index in [9.17, 15) is 8.78 Å². The van der Waals surface area contributed by atoms with Crippen molar-refractivity contribution in [3.8, 4) is 6.01 Å². The van der Waals surface area contributed by atoms with E-state index in [1.807, 2.05) is 0 Å². The maximum Gasteiger partial charge on any atom is 0.389 e. The van der Waals surface area contributed by atoms with Crippen LogP contribution in [-0.4, -0.2) is 21.6 Å². The first-order valence-electron chi connectivity index (χ1n) is 3.20. The summed E-state index contributed by atoms with van der Waals surface area (Å²) in [6, 6.07) is -0.373. The third kappa shape index (κ3) is 1.69. The number of alkyl halides is 2. The van der Waals surface area contributed by atoms with E-state index in [-0.39, 0.29) is 6.01 Å². The van der Waals surface area contributed by atoms with Gasteiger partial charge < -0.3 is 4.74 Å². The minimum atomic E-state index is -2.92. The lowest BCUT2D eigenvalue weighted by molar-refractivity contribution is -0.0558. The Hall–Kier alpha value is -1.37. The Labute approximate surface area is 75.2 Å². The molecule has 0 aliphatic rings. The number of thiazole rings is 1. The molecular formula is C6H2F2N3OS. The van der Waals surface area contributed by atoms with E-state index in [4.69, 9.17) is 0 Å². The van der Waals surface area contributed by atoms with Gasteiger partial charge >= 0.3 is 12.6 Å². The van der Waals surface area contributed by atoms with Gasteiger partial charge in [0, 0.05) is 0 Å². The first-order valence-corrected chi connectivity index (χ1v) is 4.02. The minimum absolute atomic E-state index is 0.315. The van der Waals surface area contributed by atoms with Crippen LogP contribution in [0.4, 0.5) is 8.78 Å². The van der Waals surface area contributed by atoms with Crippen LogP contribution in [0.1, 0.15) is 0 Å². The van der Waals surface area contributed by atoms with Crippen molar-refractivity contribution in [3.63, 3.8) is 0 Å². The van der Waals surface area contributed by atoms with Gasteiger partial charge in [0.25, 0.3) is 0 Å². The minimum Gasteiger partial charge on any atom is -0.401 e. The van der Waals surface area contributed by atoms with Crippen LogP contribution < -0.4 is 4.74 Å². The summed E-state index contributed by atoms with van der Waals surface area (Å²) in [4.78, 5) is 10.9. The molecule has 4 nitrogen and oxygen atoms in total. The largest absolute Gasteiger partial charge is 0.401 e. The Morgan fingerprint density at radius 3 is 3.15 bits per heavy atom. The van der Waals surface area contributed by atoms with Crippen LogP contribution in [0, 0.1) is 5.51 Å². The van der Waals surface area contributed by atoms with Crippen LogP contribution in [0.5, 0.6) is 6.01 Å². The number of hydrogen-bond acceptors (Lipinski definition) is 5. The lowest BCUT2D eigenvalue weighted by atomic mass is 10.6. The lowest BCUT2D eigenvalue weighted by Crippen LogP contribution is -2.04. The van der Waals surface area contributed by atoms with Crippen molar-refractivity contribution in [2.75, 3.05) is 0 Å². The SMILES string of the molecule is FC(F)Oc1ncc2s[c]nc2n1. The van der Waals surface area contributed by atoms with Gasteiger partial charge in [0.2, 0.25) is 0 Å². The quantitative estimate of drug-likeness (QED) is 0.740. The molecule has 0 atom stereocenters. The van der Waals surface area contributed by atoms with Gasteiger partial charge in [-0.25, -0.2) is 9.97 Å². The van der Waals surface area contributed by atoms with Crippen molar-refractivity contribution in [2.45, 2.75) is 6.61 Å². The molecule has 0 spiro atoms. The van der Waals surface area contributed by atoms with Crippen molar-refractivity contribution in [3.05, 3.63) is 11.7 Å². The topological polar surface area (TPSA) is 47.9 Å². The highest BCUT2D eigenvalue weighted by molar-refractivity contribution is 7.16. The number of nitrogens with zero attached hydrogens (tertiary/aromatic N) is 3. The van der Waals surface area contributed by atoms with E-state index in [2.05, 4.69) is 25.2 Å². The molecule has 0 saturated heterocycles. The Kier molecular flexibility index (Phi) is 2.01. The normalized spacial score (nSPS) is 11.0. The number of halogens is 2. The average Bonchev–Trinajstić information content (AvgIpc) is 2.49. The predicted molar refractivity (Wildman–Crippen MR) is 40.7 cm³/mol. The third-order valence-corrected chi connectivity index (χ3v) is 1.91. The third-order valence-electron chi connectivity index (χ3n) is 1.22. The van der Waals surface area contributed by atoms with Crippen LogP contribution in [-0.2, 0) is 0 Å². The molecule has 1 radical (unpaired) electrons. The van der Waals surface area contributed by atoms with Crippen LogP contribution >= 0.6 is 11.3 Å². The zero-order valence-electron chi connectivity index (χ0n) is 6.07. The van der Waals surface area contributed by atoms with E-state index < -0.39 is 6.61 Å². The molecule has 2 rings (SSSR count). The fourth-order valence-electron chi connectivity index (χ4n) is 0.750. The Morgan fingerprint density at radius 1 is 1.54 bits per heavy atom. The molecule has 0 N–H and O–H groups in total. The molecule has 67 valence electrons. The number of fused-ring (bicyclic) bond motifs is 1. The number of aromatic nitrogens is 3. The van der Waals surface area contributed by atoms with E-state index in [0.717, 1.165) is 0 Å². The summed E-state index contributed by atoms with van der Waals surface area (Å²) in [6.07, 6.45) is 1.37. The van der Waals surface area contributed by atoms with E-state index in [1.54, 1.807) is 0 Å². The highest BCUT2D eigenvalue weighted by Gasteiger charge is 2.08. The highest BCUT2D eigenvalue weighted by Crippen LogP contribution is 2.16. The molecular weight excluding hydrogens is 200 g/mol. The van der Waals surface area contributed by atoms with Crippen LogP contribution in [0.15, 0.2) is 6.20 Å². The van der Waals surface area contributed by atoms with Crippen molar-refractivity contribution in [1.29, 1.82) is 0 Å². The summed E-state index contributed by atoms with van der Waals surface area (Å²) < 4.78 is 28.1. The summed E-state index contributed by atoms with van der Waals surface area (Å²) in [5, 5.41) is 0. The first-order chi connectivity index (χ1) is 6.25.